The van der Waals surface area contributed by atoms with Gasteiger partial charge in [0.05, 0.1) is 4.88 Å². The fourth-order valence-electron chi connectivity index (χ4n) is 1.00. The van der Waals surface area contributed by atoms with Crippen molar-refractivity contribution in [2.75, 3.05) is 0 Å². The van der Waals surface area contributed by atoms with E-state index in [2.05, 4.69) is 15.9 Å². The predicted molar refractivity (Wildman–Crippen MR) is 49.1 cm³/mol. The highest BCUT2D eigenvalue weighted by Crippen LogP contribution is 2.36. The molecule has 0 radical (unpaired) electrons. The molecule has 1 aliphatic rings. The number of carbonyl (C=O) groups excluding carboxylic acids is 1. The quantitative estimate of drug-likeness (QED) is 0.714. The highest BCUT2D eigenvalue weighted by molar-refractivity contribution is 9.10. The summed E-state index contributed by atoms with van der Waals surface area (Å²) in [6.45, 7) is 0. The van der Waals surface area contributed by atoms with Crippen LogP contribution in [0.4, 0.5) is 0 Å². The smallest absolute Gasteiger partial charge is 0.176 e. The summed E-state index contributed by atoms with van der Waals surface area (Å²) in [7, 11) is 0. The van der Waals surface area contributed by atoms with Crippen LogP contribution in [0.2, 0.25) is 0 Å². The summed E-state index contributed by atoms with van der Waals surface area (Å²) >= 11 is 4.88. The van der Waals surface area contributed by atoms with E-state index in [1.165, 1.54) is 11.3 Å². The van der Waals surface area contributed by atoms with E-state index in [1.807, 2.05) is 11.4 Å². The topological polar surface area (TPSA) is 17.1 Å². The van der Waals surface area contributed by atoms with E-state index in [9.17, 15) is 4.79 Å². The molecule has 3 heteroatoms. The van der Waals surface area contributed by atoms with Crippen LogP contribution >= 0.6 is 27.3 Å². The van der Waals surface area contributed by atoms with E-state index in [0.29, 0.717) is 11.7 Å². The molecule has 0 saturated heterocycles. The molecular formula is C8H7BrOS. The number of ketones is 1. The van der Waals surface area contributed by atoms with Crippen molar-refractivity contribution in [3.8, 4) is 0 Å². The number of hydrogen-bond donors (Lipinski definition) is 0. The van der Waals surface area contributed by atoms with Crippen molar-refractivity contribution in [2.45, 2.75) is 12.8 Å². The number of thiophene rings is 1. The van der Waals surface area contributed by atoms with Gasteiger partial charge in [-0.05, 0) is 40.2 Å². The van der Waals surface area contributed by atoms with Gasteiger partial charge in [-0.1, -0.05) is 0 Å². The fraction of sp³-hybridized carbons (Fsp3) is 0.375. The number of halogens is 1. The Labute approximate surface area is 77.6 Å². The molecule has 1 nitrogen and oxygen atoms in total. The van der Waals surface area contributed by atoms with Crippen LogP contribution in [0.1, 0.15) is 22.5 Å². The molecule has 0 aromatic carbocycles. The maximum atomic E-state index is 11.5. The third-order valence-electron chi connectivity index (χ3n) is 1.79. The average Bonchev–Trinajstić information content (AvgIpc) is 2.74. The van der Waals surface area contributed by atoms with Gasteiger partial charge in [0.15, 0.2) is 5.78 Å². The first-order valence-corrected chi connectivity index (χ1v) is 5.23. The summed E-state index contributed by atoms with van der Waals surface area (Å²) in [5, 5.41) is 1.94. The van der Waals surface area contributed by atoms with E-state index < -0.39 is 0 Å². The molecule has 0 aliphatic heterocycles. The summed E-state index contributed by atoms with van der Waals surface area (Å²) in [6, 6.07) is 1.93. The molecule has 2 rings (SSSR count). The van der Waals surface area contributed by atoms with Gasteiger partial charge >= 0.3 is 0 Å². The second kappa shape index (κ2) is 2.72. The maximum absolute atomic E-state index is 11.5. The van der Waals surface area contributed by atoms with E-state index in [-0.39, 0.29) is 0 Å². The minimum atomic E-state index is 0.326. The lowest BCUT2D eigenvalue weighted by Gasteiger charge is -1.92. The molecule has 0 amide bonds. The van der Waals surface area contributed by atoms with Crippen LogP contribution in [0.25, 0.3) is 0 Å². The Balaban J connectivity index is 2.27. The Morgan fingerprint density at radius 1 is 1.64 bits per heavy atom. The second-order valence-corrected chi connectivity index (χ2v) is 4.51. The van der Waals surface area contributed by atoms with Crippen molar-refractivity contribution in [1.82, 2.24) is 0 Å². The zero-order chi connectivity index (χ0) is 7.84. The van der Waals surface area contributed by atoms with Crippen molar-refractivity contribution in [3.05, 3.63) is 20.8 Å². The summed E-state index contributed by atoms with van der Waals surface area (Å²) in [5.41, 5.74) is 0. The number of rotatable bonds is 2. The highest BCUT2D eigenvalue weighted by Gasteiger charge is 2.31. The minimum absolute atomic E-state index is 0.326. The number of Topliss-reactive ketones (excluding diaryl/α,β-unsaturated/α-hetero) is 1. The van der Waals surface area contributed by atoms with Crippen molar-refractivity contribution in [2.24, 2.45) is 5.92 Å². The Morgan fingerprint density at radius 2 is 2.36 bits per heavy atom. The van der Waals surface area contributed by atoms with E-state index in [1.54, 1.807) is 0 Å². The lowest BCUT2D eigenvalue weighted by Crippen LogP contribution is -1.98. The van der Waals surface area contributed by atoms with Gasteiger partial charge in [-0.2, -0.15) is 0 Å². The summed E-state index contributed by atoms with van der Waals surface area (Å²) in [6.07, 6.45) is 2.17. The van der Waals surface area contributed by atoms with E-state index in [0.717, 1.165) is 22.2 Å². The zero-order valence-corrected chi connectivity index (χ0v) is 8.24. The molecule has 0 unspecified atom stereocenters. The Morgan fingerprint density at radius 3 is 2.82 bits per heavy atom. The lowest BCUT2D eigenvalue weighted by atomic mass is 10.2. The Bertz CT molecular complexity index is 288. The molecule has 0 atom stereocenters. The Kier molecular flexibility index (Phi) is 1.85. The van der Waals surface area contributed by atoms with Crippen LogP contribution in [-0.4, -0.2) is 5.78 Å². The van der Waals surface area contributed by atoms with Crippen molar-refractivity contribution in [3.63, 3.8) is 0 Å². The van der Waals surface area contributed by atoms with Gasteiger partial charge in [0.2, 0.25) is 0 Å². The van der Waals surface area contributed by atoms with Crippen LogP contribution in [0, 0.1) is 5.92 Å². The van der Waals surface area contributed by atoms with E-state index >= 15 is 0 Å². The van der Waals surface area contributed by atoms with Crippen molar-refractivity contribution in [1.29, 1.82) is 0 Å². The van der Waals surface area contributed by atoms with Gasteiger partial charge in [-0.15, -0.1) is 11.3 Å². The van der Waals surface area contributed by atoms with Gasteiger partial charge in [0.25, 0.3) is 0 Å². The van der Waals surface area contributed by atoms with Crippen LogP contribution < -0.4 is 0 Å². The molecule has 0 spiro atoms. The molecule has 58 valence electrons. The highest BCUT2D eigenvalue weighted by atomic mass is 79.9. The fourth-order valence-corrected chi connectivity index (χ4v) is 2.59. The SMILES string of the molecule is O=C(c1sccc1Br)C1CC1. The largest absolute Gasteiger partial charge is 0.293 e. The average molecular weight is 231 g/mol. The predicted octanol–water partition coefficient (Wildman–Crippen LogP) is 3.10. The molecule has 1 saturated carbocycles. The summed E-state index contributed by atoms with van der Waals surface area (Å²) in [4.78, 5) is 12.4. The summed E-state index contributed by atoms with van der Waals surface area (Å²) < 4.78 is 0.958. The maximum Gasteiger partial charge on any atom is 0.176 e. The van der Waals surface area contributed by atoms with Gasteiger partial charge < -0.3 is 0 Å². The van der Waals surface area contributed by atoms with Crippen molar-refractivity contribution < 1.29 is 4.79 Å². The van der Waals surface area contributed by atoms with E-state index in [4.69, 9.17) is 0 Å². The van der Waals surface area contributed by atoms with Crippen LogP contribution in [0.15, 0.2) is 15.9 Å². The third-order valence-corrected chi connectivity index (χ3v) is 3.64. The monoisotopic (exact) mass is 230 g/mol. The number of carbonyl (C=O) groups is 1. The number of hydrogen-bond acceptors (Lipinski definition) is 2. The van der Waals surface area contributed by atoms with Crippen LogP contribution in [-0.2, 0) is 0 Å². The Hall–Kier alpha value is -0.150. The molecule has 1 heterocycles. The molecule has 1 fully saturated rings. The van der Waals surface area contributed by atoms with Gasteiger partial charge in [-0.3, -0.25) is 4.79 Å². The zero-order valence-electron chi connectivity index (χ0n) is 5.84. The van der Waals surface area contributed by atoms with Crippen molar-refractivity contribution >= 4 is 33.0 Å². The third kappa shape index (κ3) is 1.40. The van der Waals surface area contributed by atoms with Gasteiger partial charge in [0, 0.05) is 10.4 Å². The van der Waals surface area contributed by atoms with Gasteiger partial charge in [0.1, 0.15) is 0 Å². The lowest BCUT2D eigenvalue weighted by molar-refractivity contribution is 0.0971. The summed E-state index contributed by atoms with van der Waals surface area (Å²) in [5.74, 6) is 0.664. The first-order chi connectivity index (χ1) is 5.29. The first kappa shape index (κ1) is 7.50. The molecule has 0 N–H and O–H groups in total. The molecule has 0 bridgehead atoms. The normalized spacial score (nSPS) is 16.8. The standard InChI is InChI=1S/C8H7BrOS/c9-6-3-4-11-8(6)7(10)5-1-2-5/h3-5H,1-2H2. The second-order valence-electron chi connectivity index (χ2n) is 2.74. The molecule has 1 aliphatic carbocycles. The minimum Gasteiger partial charge on any atom is -0.293 e. The molecule has 1 aromatic rings. The van der Waals surface area contributed by atoms with Crippen LogP contribution in [0.3, 0.4) is 0 Å². The molecule has 1 aromatic heterocycles. The molecule has 11 heavy (non-hydrogen) atoms. The molecular weight excluding hydrogens is 224 g/mol. The first-order valence-electron chi connectivity index (χ1n) is 3.56. The van der Waals surface area contributed by atoms with Crippen LogP contribution in [0.5, 0.6) is 0 Å². The van der Waals surface area contributed by atoms with Gasteiger partial charge in [-0.25, -0.2) is 0 Å².